The highest BCUT2D eigenvalue weighted by Gasteiger charge is 2.33. The average Bonchev–Trinajstić information content (AvgIpc) is 2.22. The first-order valence-corrected chi connectivity index (χ1v) is 7.29. The van der Waals surface area contributed by atoms with Gasteiger partial charge in [-0.15, -0.1) is 0 Å². The van der Waals surface area contributed by atoms with E-state index in [0.29, 0.717) is 11.9 Å². The minimum atomic E-state index is -0.553. The zero-order chi connectivity index (χ0) is 12.7. The zero-order valence-corrected chi connectivity index (χ0v) is 11.8. The molecule has 1 unspecified atom stereocenters. The number of ether oxygens (including phenoxy) is 2. The molecule has 17 heavy (non-hydrogen) atoms. The summed E-state index contributed by atoms with van der Waals surface area (Å²) in [5, 5.41) is 3.85. The number of carbonyl (C=O) groups is 1. The zero-order valence-electron chi connectivity index (χ0n) is 11.0. The second kappa shape index (κ2) is 7.24. The molecule has 0 aromatic heterocycles. The first-order chi connectivity index (χ1) is 8.12. The fourth-order valence-corrected chi connectivity index (χ4v) is 2.93. The van der Waals surface area contributed by atoms with Crippen LogP contribution < -0.4 is 5.32 Å². The molecule has 0 radical (unpaired) electrons. The van der Waals surface area contributed by atoms with Gasteiger partial charge in [0.15, 0.2) is 0 Å². The molecule has 1 saturated heterocycles. The van der Waals surface area contributed by atoms with Gasteiger partial charge in [0.05, 0.1) is 25.1 Å². The molecule has 1 heterocycles. The number of thioether (sulfide) groups is 1. The summed E-state index contributed by atoms with van der Waals surface area (Å²) in [4.78, 5) is 11.9. The Morgan fingerprint density at radius 2 is 2.24 bits per heavy atom. The van der Waals surface area contributed by atoms with Crippen LogP contribution in [0, 0.1) is 0 Å². The van der Waals surface area contributed by atoms with Crippen LogP contribution in [0.1, 0.15) is 27.2 Å². The number of nitrogens with one attached hydrogen (secondary N) is 1. The van der Waals surface area contributed by atoms with Crippen LogP contribution in [0.2, 0.25) is 0 Å². The number of rotatable bonds is 8. The molecule has 1 aliphatic rings. The van der Waals surface area contributed by atoms with Crippen LogP contribution >= 0.6 is 11.8 Å². The molecule has 4 nitrogen and oxygen atoms in total. The lowest BCUT2D eigenvalue weighted by molar-refractivity contribution is -0.150. The molecular weight excluding hydrogens is 238 g/mol. The van der Waals surface area contributed by atoms with Crippen molar-refractivity contribution in [2.75, 3.05) is 32.1 Å². The summed E-state index contributed by atoms with van der Waals surface area (Å²) < 4.78 is 10.2. The topological polar surface area (TPSA) is 47.6 Å². The van der Waals surface area contributed by atoms with E-state index in [1.54, 1.807) is 0 Å². The number of likely N-dealkylation sites (N-methyl/N-ethyl adjacent to an activating group) is 1. The molecule has 0 aromatic rings. The molecule has 0 bridgehead atoms. The van der Waals surface area contributed by atoms with E-state index in [-0.39, 0.29) is 5.97 Å². The van der Waals surface area contributed by atoms with Crippen molar-refractivity contribution < 1.29 is 14.3 Å². The van der Waals surface area contributed by atoms with Gasteiger partial charge in [-0.05, 0) is 32.6 Å². The van der Waals surface area contributed by atoms with E-state index < -0.39 is 5.54 Å². The van der Waals surface area contributed by atoms with E-state index in [1.807, 2.05) is 32.5 Å². The van der Waals surface area contributed by atoms with Gasteiger partial charge in [0.1, 0.15) is 5.54 Å². The van der Waals surface area contributed by atoms with Gasteiger partial charge in [0, 0.05) is 0 Å². The number of carbonyl (C=O) groups excluding carboxylic acids is 1. The van der Waals surface area contributed by atoms with Gasteiger partial charge < -0.3 is 14.8 Å². The van der Waals surface area contributed by atoms with Gasteiger partial charge in [-0.3, -0.25) is 4.79 Å². The lowest BCUT2D eigenvalue weighted by atomic mass is 9.99. The third-order valence-electron chi connectivity index (χ3n) is 2.86. The second-order valence-corrected chi connectivity index (χ2v) is 5.77. The summed E-state index contributed by atoms with van der Waals surface area (Å²) in [6.07, 6.45) is 0.793. The van der Waals surface area contributed by atoms with Crippen LogP contribution in [-0.4, -0.2) is 48.9 Å². The molecule has 1 aliphatic heterocycles. The highest BCUT2D eigenvalue weighted by atomic mass is 32.2. The number of esters is 1. The molecule has 0 amide bonds. The van der Waals surface area contributed by atoms with Crippen molar-refractivity contribution in [2.45, 2.75) is 38.0 Å². The summed E-state index contributed by atoms with van der Waals surface area (Å²) in [6, 6.07) is 0. The van der Waals surface area contributed by atoms with Gasteiger partial charge in [0.25, 0.3) is 0 Å². The van der Waals surface area contributed by atoms with E-state index in [9.17, 15) is 4.79 Å². The maximum Gasteiger partial charge on any atom is 0.326 e. The summed E-state index contributed by atoms with van der Waals surface area (Å²) in [7, 11) is 0. The van der Waals surface area contributed by atoms with Crippen LogP contribution in [0.5, 0.6) is 0 Å². The molecule has 0 aromatic carbocycles. The maximum atomic E-state index is 11.9. The summed E-state index contributed by atoms with van der Waals surface area (Å²) in [5.41, 5.74) is -0.553. The average molecular weight is 261 g/mol. The first-order valence-electron chi connectivity index (χ1n) is 6.24. The van der Waals surface area contributed by atoms with E-state index in [0.717, 1.165) is 31.9 Å². The Morgan fingerprint density at radius 3 is 2.71 bits per heavy atom. The van der Waals surface area contributed by atoms with Crippen molar-refractivity contribution >= 4 is 17.7 Å². The fraction of sp³-hybridized carbons (Fsp3) is 0.917. The lowest BCUT2D eigenvalue weighted by Crippen LogP contribution is -2.51. The van der Waals surface area contributed by atoms with Crippen molar-refractivity contribution in [3.8, 4) is 0 Å². The van der Waals surface area contributed by atoms with Crippen LogP contribution in [-0.2, 0) is 14.3 Å². The summed E-state index contributed by atoms with van der Waals surface area (Å²) in [6.45, 7) is 8.67. The molecule has 1 N–H and O–H groups in total. The normalized spacial score (nSPS) is 19.5. The Kier molecular flexibility index (Phi) is 6.30. The third kappa shape index (κ3) is 4.48. The molecule has 1 rings (SSSR count). The van der Waals surface area contributed by atoms with Crippen molar-refractivity contribution in [3.63, 3.8) is 0 Å². The Balaban J connectivity index is 2.36. The Hall–Kier alpha value is -0.260. The van der Waals surface area contributed by atoms with E-state index in [1.165, 1.54) is 0 Å². The molecule has 0 saturated carbocycles. The standard InChI is InChI=1S/C12H23NO3S/c1-4-13-12(3,11(14)16-5-2)6-7-17-10-8-15-9-10/h10,13H,4-9H2,1-3H3. The van der Waals surface area contributed by atoms with Crippen LogP contribution in [0.25, 0.3) is 0 Å². The summed E-state index contributed by atoms with van der Waals surface area (Å²) in [5.74, 6) is 0.809. The van der Waals surface area contributed by atoms with Crippen molar-refractivity contribution in [3.05, 3.63) is 0 Å². The quantitative estimate of drug-likeness (QED) is 0.670. The van der Waals surface area contributed by atoms with Crippen molar-refractivity contribution in [1.82, 2.24) is 5.32 Å². The van der Waals surface area contributed by atoms with Gasteiger partial charge in [-0.25, -0.2) is 0 Å². The number of hydrogen-bond donors (Lipinski definition) is 1. The van der Waals surface area contributed by atoms with Gasteiger partial charge in [-0.1, -0.05) is 6.92 Å². The van der Waals surface area contributed by atoms with Gasteiger partial charge in [-0.2, -0.15) is 11.8 Å². The van der Waals surface area contributed by atoms with Crippen LogP contribution in [0.4, 0.5) is 0 Å². The molecule has 1 fully saturated rings. The van der Waals surface area contributed by atoms with E-state index in [2.05, 4.69) is 5.32 Å². The third-order valence-corrected chi connectivity index (χ3v) is 4.04. The largest absolute Gasteiger partial charge is 0.465 e. The Morgan fingerprint density at radius 1 is 1.53 bits per heavy atom. The van der Waals surface area contributed by atoms with Crippen molar-refractivity contribution in [2.24, 2.45) is 0 Å². The lowest BCUT2D eigenvalue weighted by Gasteiger charge is -2.30. The van der Waals surface area contributed by atoms with Gasteiger partial charge >= 0.3 is 5.97 Å². The Labute approximate surface area is 108 Å². The monoisotopic (exact) mass is 261 g/mol. The van der Waals surface area contributed by atoms with Crippen LogP contribution in [0.15, 0.2) is 0 Å². The minimum Gasteiger partial charge on any atom is -0.465 e. The molecule has 1 atom stereocenters. The van der Waals surface area contributed by atoms with Gasteiger partial charge in [0.2, 0.25) is 0 Å². The maximum absolute atomic E-state index is 11.9. The first kappa shape index (κ1) is 14.8. The Bertz CT molecular complexity index is 246. The molecule has 5 heteroatoms. The predicted molar refractivity (Wildman–Crippen MR) is 70.4 cm³/mol. The minimum absolute atomic E-state index is 0.146. The SMILES string of the molecule is CCNC(C)(CCSC1COC1)C(=O)OCC. The molecule has 100 valence electrons. The van der Waals surface area contributed by atoms with Crippen LogP contribution in [0.3, 0.4) is 0 Å². The number of hydrogen-bond acceptors (Lipinski definition) is 5. The second-order valence-electron chi connectivity index (χ2n) is 4.36. The predicted octanol–water partition coefficient (Wildman–Crippen LogP) is 1.44. The molecule has 0 aliphatic carbocycles. The smallest absolute Gasteiger partial charge is 0.326 e. The highest BCUT2D eigenvalue weighted by molar-refractivity contribution is 8.00. The fourth-order valence-electron chi connectivity index (χ4n) is 1.68. The van der Waals surface area contributed by atoms with E-state index in [4.69, 9.17) is 9.47 Å². The highest BCUT2D eigenvalue weighted by Crippen LogP contribution is 2.23. The molecular formula is C12H23NO3S. The summed E-state index contributed by atoms with van der Waals surface area (Å²) >= 11 is 1.88. The molecule has 0 spiro atoms. The van der Waals surface area contributed by atoms with E-state index >= 15 is 0 Å². The van der Waals surface area contributed by atoms with Crippen molar-refractivity contribution in [1.29, 1.82) is 0 Å².